The highest BCUT2D eigenvalue weighted by Gasteiger charge is 2.52. The third-order valence-corrected chi connectivity index (χ3v) is 8.70. The second-order valence-corrected chi connectivity index (χ2v) is 11.3. The third kappa shape index (κ3) is 3.04. The van der Waals surface area contributed by atoms with Gasteiger partial charge in [0.2, 0.25) is 0 Å². The summed E-state index contributed by atoms with van der Waals surface area (Å²) >= 11 is 0. The van der Waals surface area contributed by atoms with Crippen molar-refractivity contribution in [3.05, 3.63) is 0 Å². The zero-order valence-corrected chi connectivity index (χ0v) is 16.1. The van der Waals surface area contributed by atoms with Gasteiger partial charge in [0.05, 0.1) is 12.2 Å². The van der Waals surface area contributed by atoms with Gasteiger partial charge < -0.3 is 4.74 Å². The molecule has 24 heavy (non-hydrogen) atoms. The summed E-state index contributed by atoms with van der Waals surface area (Å²) in [7, 11) is -1.59. The SMILES string of the molecule is C[C@@H]1CN(S(=O)(=O)N(C)CC23CC4CC(CC(C4)C2)C3)C[C@H](C)O1. The Morgan fingerprint density at radius 1 is 1.00 bits per heavy atom. The molecule has 0 aromatic rings. The van der Waals surface area contributed by atoms with Crippen LogP contribution in [-0.4, -0.2) is 55.9 Å². The zero-order chi connectivity index (χ0) is 17.1. The average molecular weight is 357 g/mol. The molecule has 5 fully saturated rings. The van der Waals surface area contributed by atoms with Crippen molar-refractivity contribution >= 4 is 10.2 Å². The Bertz CT molecular complexity index is 546. The fourth-order valence-electron chi connectivity index (χ4n) is 6.55. The molecule has 0 unspecified atom stereocenters. The van der Waals surface area contributed by atoms with Gasteiger partial charge in [-0.05, 0) is 75.5 Å². The smallest absolute Gasteiger partial charge is 0.281 e. The molecule has 0 amide bonds. The summed E-state index contributed by atoms with van der Waals surface area (Å²) in [4.78, 5) is 0. The van der Waals surface area contributed by atoms with Crippen LogP contribution in [0.5, 0.6) is 0 Å². The lowest BCUT2D eigenvalue weighted by Gasteiger charge is -2.57. The predicted molar refractivity (Wildman–Crippen MR) is 93.7 cm³/mol. The molecule has 5 nitrogen and oxygen atoms in total. The number of rotatable bonds is 4. The summed E-state index contributed by atoms with van der Waals surface area (Å²) in [6, 6.07) is 0. The van der Waals surface area contributed by atoms with E-state index in [1.807, 2.05) is 13.8 Å². The van der Waals surface area contributed by atoms with Crippen LogP contribution in [0, 0.1) is 23.2 Å². The van der Waals surface area contributed by atoms with Crippen LogP contribution in [0.1, 0.15) is 52.4 Å². The van der Waals surface area contributed by atoms with Gasteiger partial charge in [-0.2, -0.15) is 17.0 Å². The molecule has 0 N–H and O–H groups in total. The van der Waals surface area contributed by atoms with E-state index in [0.717, 1.165) is 17.8 Å². The summed E-state index contributed by atoms with van der Waals surface area (Å²) in [6.07, 6.45) is 7.86. The minimum Gasteiger partial charge on any atom is -0.373 e. The summed E-state index contributed by atoms with van der Waals surface area (Å²) in [5.74, 6) is 2.57. The molecule has 4 aliphatic carbocycles. The number of morpholine rings is 1. The normalized spacial score (nSPS) is 45.9. The Labute approximate surface area is 146 Å². The molecule has 5 aliphatic rings. The molecule has 1 saturated heterocycles. The Balaban J connectivity index is 1.48. The Hall–Kier alpha value is -0.170. The van der Waals surface area contributed by atoms with Crippen LogP contribution in [0.15, 0.2) is 0 Å². The molecule has 4 saturated carbocycles. The van der Waals surface area contributed by atoms with Crippen molar-refractivity contribution < 1.29 is 13.2 Å². The molecular formula is C18H32N2O3S. The van der Waals surface area contributed by atoms with Crippen LogP contribution in [0.3, 0.4) is 0 Å². The maximum atomic E-state index is 13.1. The first-order valence-corrected chi connectivity index (χ1v) is 11.0. The van der Waals surface area contributed by atoms with E-state index in [-0.39, 0.29) is 17.6 Å². The highest BCUT2D eigenvalue weighted by atomic mass is 32.2. The van der Waals surface area contributed by atoms with Gasteiger partial charge in [0.25, 0.3) is 10.2 Å². The van der Waals surface area contributed by atoms with Gasteiger partial charge in [-0.3, -0.25) is 0 Å². The lowest BCUT2D eigenvalue weighted by atomic mass is 9.49. The summed E-state index contributed by atoms with van der Waals surface area (Å²) in [5, 5.41) is 0. The van der Waals surface area contributed by atoms with E-state index < -0.39 is 10.2 Å². The van der Waals surface area contributed by atoms with Gasteiger partial charge in [-0.15, -0.1) is 0 Å². The monoisotopic (exact) mass is 356 g/mol. The Morgan fingerprint density at radius 3 is 1.92 bits per heavy atom. The topological polar surface area (TPSA) is 49.9 Å². The van der Waals surface area contributed by atoms with E-state index >= 15 is 0 Å². The van der Waals surface area contributed by atoms with Gasteiger partial charge in [-0.1, -0.05) is 0 Å². The molecule has 1 aliphatic heterocycles. The molecule has 2 atom stereocenters. The number of hydrogen-bond donors (Lipinski definition) is 0. The molecule has 6 heteroatoms. The quantitative estimate of drug-likeness (QED) is 0.778. The molecule has 5 rings (SSSR count). The number of ether oxygens (including phenoxy) is 1. The van der Waals surface area contributed by atoms with Crippen molar-refractivity contribution in [2.75, 3.05) is 26.7 Å². The minimum absolute atomic E-state index is 0.0310. The molecular weight excluding hydrogens is 324 g/mol. The number of nitrogens with zero attached hydrogens (tertiary/aromatic N) is 2. The minimum atomic E-state index is -3.38. The predicted octanol–water partition coefficient (Wildman–Crippen LogP) is 2.49. The van der Waals surface area contributed by atoms with E-state index in [0.29, 0.717) is 19.6 Å². The Morgan fingerprint density at radius 2 is 1.46 bits per heavy atom. The van der Waals surface area contributed by atoms with Crippen molar-refractivity contribution in [3.63, 3.8) is 0 Å². The van der Waals surface area contributed by atoms with Crippen LogP contribution < -0.4 is 0 Å². The maximum Gasteiger partial charge on any atom is 0.281 e. The highest BCUT2D eigenvalue weighted by Crippen LogP contribution is 2.60. The van der Waals surface area contributed by atoms with Crippen molar-refractivity contribution in [3.8, 4) is 0 Å². The lowest BCUT2D eigenvalue weighted by molar-refractivity contribution is -0.0612. The van der Waals surface area contributed by atoms with Gasteiger partial charge in [0, 0.05) is 26.7 Å². The standard InChI is InChI=1S/C18H32N2O3S/c1-13-10-20(11-14(2)23-13)24(21,22)19(3)12-18-7-15-4-16(8-18)6-17(5-15)9-18/h13-17H,4-12H2,1-3H3/t13-,14+,15?,16?,17?,18?. The third-order valence-electron chi connectivity index (χ3n) is 6.83. The van der Waals surface area contributed by atoms with Crippen LogP contribution in [0.2, 0.25) is 0 Å². The van der Waals surface area contributed by atoms with Crippen LogP contribution in [-0.2, 0) is 14.9 Å². The van der Waals surface area contributed by atoms with Gasteiger partial charge >= 0.3 is 0 Å². The average Bonchev–Trinajstić information content (AvgIpc) is 2.44. The summed E-state index contributed by atoms with van der Waals surface area (Å²) < 4.78 is 35.2. The van der Waals surface area contributed by atoms with E-state index in [9.17, 15) is 8.42 Å². The van der Waals surface area contributed by atoms with Crippen LogP contribution >= 0.6 is 0 Å². The van der Waals surface area contributed by atoms with E-state index in [2.05, 4.69) is 0 Å². The summed E-state index contributed by atoms with van der Waals surface area (Å²) in [6.45, 7) is 5.56. The van der Waals surface area contributed by atoms with Crippen molar-refractivity contribution in [1.29, 1.82) is 0 Å². The molecule has 4 bridgehead atoms. The van der Waals surface area contributed by atoms with E-state index in [4.69, 9.17) is 4.74 Å². The van der Waals surface area contributed by atoms with Gasteiger partial charge in [-0.25, -0.2) is 0 Å². The largest absolute Gasteiger partial charge is 0.373 e. The van der Waals surface area contributed by atoms with Crippen LogP contribution in [0.25, 0.3) is 0 Å². The fourth-order valence-corrected chi connectivity index (χ4v) is 8.18. The van der Waals surface area contributed by atoms with Crippen molar-refractivity contribution in [2.45, 2.75) is 64.6 Å². The lowest BCUT2D eigenvalue weighted by Crippen LogP contribution is -2.56. The highest BCUT2D eigenvalue weighted by molar-refractivity contribution is 7.86. The van der Waals surface area contributed by atoms with E-state index in [1.54, 1.807) is 15.7 Å². The zero-order valence-electron chi connectivity index (χ0n) is 15.3. The van der Waals surface area contributed by atoms with Crippen LogP contribution in [0.4, 0.5) is 0 Å². The molecule has 0 radical (unpaired) electrons. The molecule has 0 aromatic carbocycles. The fraction of sp³-hybridized carbons (Fsp3) is 1.00. The maximum absolute atomic E-state index is 13.1. The molecule has 138 valence electrons. The summed E-state index contributed by atoms with van der Waals surface area (Å²) in [5.41, 5.74) is 0.250. The first kappa shape index (κ1) is 17.3. The van der Waals surface area contributed by atoms with Gasteiger partial charge in [0.15, 0.2) is 0 Å². The molecule has 0 aromatic heterocycles. The number of hydrogen-bond acceptors (Lipinski definition) is 3. The second kappa shape index (κ2) is 5.93. The van der Waals surface area contributed by atoms with Crippen molar-refractivity contribution in [1.82, 2.24) is 8.61 Å². The van der Waals surface area contributed by atoms with Gasteiger partial charge in [0.1, 0.15) is 0 Å². The first-order chi connectivity index (χ1) is 11.3. The molecule has 1 heterocycles. The molecule has 0 spiro atoms. The van der Waals surface area contributed by atoms with E-state index in [1.165, 1.54) is 38.5 Å². The Kier molecular flexibility index (Phi) is 4.26. The van der Waals surface area contributed by atoms with Crippen molar-refractivity contribution in [2.24, 2.45) is 23.2 Å². The first-order valence-electron chi connectivity index (χ1n) is 9.63. The second-order valence-electron chi connectivity index (χ2n) is 9.26.